The van der Waals surface area contributed by atoms with Gasteiger partial charge in [0.15, 0.2) is 0 Å². The lowest BCUT2D eigenvalue weighted by atomic mass is 10.1. The zero-order chi connectivity index (χ0) is 20.9. The van der Waals surface area contributed by atoms with E-state index in [0.717, 1.165) is 30.9 Å². The molecule has 0 bridgehead atoms. The quantitative estimate of drug-likeness (QED) is 0.651. The molecular weight excluding hydrogens is 388 g/mol. The normalized spacial score (nSPS) is 15.4. The highest BCUT2D eigenvalue weighted by atomic mass is 32.1. The van der Waals surface area contributed by atoms with Gasteiger partial charge < -0.3 is 9.47 Å². The molecule has 0 unspecified atom stereocenters. The van der Waals surface area contributed by atoms with Crippen molar-refractivity contribution in [2.45, 2.75) is 27.3 Å². The van der Waals surface area contributed by atoms with Gasteiger partial charge in [0, 0.05) is 58.1 Å². The Balaban J connectivity index is 1.48. The molecule has 1 aliphatic rings. The SMILES string of the molecule is Cc1nn(C)c(C)c1CN1CCN(C(=O)c2sc3ncn(C)c(=O)c3c2C)CC1. The number of piperazine rings is 1. The van der Waals surface area contributed by atoms with E-state index >= 15 is 0 Å². The van der Waals surface area contributed by atoms with Crippen LogP contribution in [0.25, 0.3) is 10.2 Å². The second kappa shape index (κ2) is 7.38. The highest BCUT2D eigenvalue weighted by molar-refractivity contribution is 7.20. The number of aromatic nitrogens is 4. The molecule has 0 radical (unpaired) electrons. The van der Waals surface area contributed by atoms with Crippen molar-refractivity contribution >= 4 is 27.5 Å². The van der Waals surface area contributed by atoms with Crippen molar-refractivity contribution < 1.29 is 4.79 Å². The number of amides is 1. The van der Waals surface area contributed by atoms with E-state index in [-0.39, 0.29) is 11.5 Å². The van der Waals surface area contributed by atoms with Gasteiger partial charge in [0.1, 0.15) is 4.83 Å². The molecule has 4 heterocycles. The summed E-state index contributed by atoms with van der Waals surface area (Å²) in [5.41, 5.74) is 4.17. The minimum atomic E-state index is -0.102. The number of rotatable bonds is 3. The standard InChI is InChI=1S/C20H26N6O2S/c1-12-16-18(21-11-23(4)19(16)27)29-17(12)20(28)26-8-6-25(7-9-26)10-15-13(2)22-24(5)14(15)3/h11H,6-10H2,1-5H3. The molecule has 1 aliphatic heterocycles. The molecule has 0 N–H and O–H groups in total. The van der Waals surface area contributed by atoms with Crippen LogP contribution < -0.4 is 5.56 Å². The predicted molar refractivity (Wildman–Crippen MR) is 113 cm³/mol. The largest absolute Gasteiger partial charge is 0.335 e. The molecule has 154 valence electrons. The van der Waals surface area contributed by atoms with E-state index in [9.17, 15) is 9.59 Å². The topological polar surface area (TPSA) is 76.3 Å². The van der Waals surface area contributed by atoms with Gasteiger partial charge in [-0.1, -0.05) is 0 Å². The summed E-state index contributed by atoms with van der Waals surface area (Å²) in [6.07, 6.45) is 1.51. The van der Waals surface area contributed by atoms with Crippen molar-refractivity contribution in [1.82, 2.24) is 29.1 Å². The molecule has 0 saturated carbocycles. The third-order valence-electron chi connectivity index (χ3n) is 5.90. The summed E-state index contributed by atoms with van der Waals surface area (Å²) < 4.78 is 3.38. The molecule has 0 aliphatic carbocycles. The van der Waals surface area contributed by atoms with Crippen LogP contribution in [0.15, 0.2) is 11.1 Å². The molecule has 9 heteroatoms. The first-order valence-electron chi connectivity index (χ1n) is 9.73. The van der Waals surface area contributed by atoms with Crippen molar-refractivity contribution in [3.63, 3.8) is 0 Å². The first-order chi connectivity index (χ1) is 13.8. The predicted octanol–water partition coefficient (Wildman–Crippen LogP) is 1.61. The Kier molecular flexibility index (Phi) is 5.04. The fraction of sp³-hybridized carbons (Fsp3) is 0.500. The number of aryl methyl sites for hydroxylation is 4. The van der Waals surface area contributed by atoms with E-state index in [0.29, 0.717) is 28.2 Å². The monoisotopic (exact) mass is 414 g/mol. The van der Waals surface area contributed by atoms with E-state index in [1.807, 2.05) is 30.5 Å². The summed E-state index contributed by atoms with van der Waals surface area (Å²) in [5.74, 6) is 0.000872. The fourth-order valence-electron chi connectivity index (χ4n) is 3.94. The van der Waals surface area contributed by atoms with Crippen LogP contribution >= 0.6 is 11.3 Å². The fourth-order valence-corrected chi connectivity index (χ4v) is 5.04. The van der Waals surface area contributed by atoms with Gasteiger partial charge in [-0.15, -0.1) is 11.3 Å². The van der Waals surface area contributed by atoms with Crippen LogP contribution in [-0.2, 0) is 20.6 Å². The number of hydrogen-bond donors (Lipinski definition) is 0. The highest BCUT2D eigenvalue weighted by Crippen LogP contribution is 2.28. The number of carbonyl (C=O) groups excluding carboxylic acids is 1. The summed E-state index contributed by atoms with van der Waals surface area (Å²) >= 11 is 1.32. The number of carbonyl (C=O) groups is 1. The van der Waals surface area contributed by atoms with Crippen molar-refractivity contribution in [3.05, 3.63) is 44.1 Å². The van der Waals surface area contributed by atoms with E-state index in [4.69, 9.17) is 0 Å². The zero-order valence-electron chi connectivity index (χ0n) is 17.5. The molecule has 29 heavy (non-hydrogen) atoms. The van der Waals surface area contributed by atoms with Crippen LogP contribution in [0.1, 0.15) is 32.2 Å². The average Bonchev–Trinajstić information content (AvgIpc) is 3.16. The van der Waals surface area contributed by atoms with E-state index in [1.54, 1.807) is 7.05 Å². The van der Waals surface area contributed by atoms with Crippen LogP contribution in [0.5, 0.6) is 0 Å². The summed E-state index contributed by atoms with van der Waals surface area (Å²) in [5, 5.41) is 5.06. The first kappa shape index (κ1) is 19.8. The van der Waals surface area contributed by atoms with Crippen molar-refractivity contribution in [2.75, 3.05) is 26.2 Å². The molecule has 1 saturated heterocycles. The van der Waals surface area contributed by atoms with Crippen molar-refractivity contribution in [1.29, 1.82) is 0 Å². The van der Waals surface area contributed by atoms with E-state index in [2.05, 4.69) is 21.9 Å². The van der Waals surface area contributed by atoms with Crippen LogP contribution in [0.3, 0.4) is 0 Å². The van der Waals surface area contributed by atoms with Crippen LogP contribution in [0.2, 0.25) is 0 Å². The second-order valence-corrected chi connectivity index (χ2v) is 8.74. The maximum Gasteiger partial charge on any atom is 0.264 e. The second-order valence-electron chi connectivity index (χ2n) is 7.74. The molecule has 1 fully saturated rings. The number of hydrogen-bond acceptors (Lipinski definition) is 6. The summed E-state index contributed by atoms with van der Waals surface area (Å²) in [6.45, 7) is 9.84. The van der Waals surface area contributed by atoms with Gasteiger partial charge in [-0.05, 0) is 26.3 Å². The molecule has 3 aromatic rings. The zero-order valence-corrected chi connectivity index (χ0v) is 18.3. The molecule has 1 amide bonds. The lowest BCUT2D eigenvalue weighted by Gasteiger charge is -2.34. The third kappa shape index (κ3) is 3.38. The Morgan fingerprint density at radius 1 is 1.14 bits per heavy atom. The number of nitrogens with zero attached hydrogens (tertiary/aromatic N) is 6. The van der Waals surface area contributed by atoms with Gasteiger partial charge in [-0.2, -0.15) is 5.10 Å². The Morgan fingerprint density at radius 3 is 2.45 bits per heavy atom. The van der Waals surface area contributed by atoms with Crippen LogP contribution in [0, 0.1) is 20.8 Å². The number of fused-ring (bicyclic) bond motifs is 1. The molecule has 4 rings (SSSR count). The van der Waals surface area contributed by atoms with Crippen molar-refractivity contribution in [2.24, 2.45) is 14.1 Å². The van der Waals surface area contributed by atoms with Crippen LogP contribution in [-0.4, -0.2) is 61.2 Å². The minimum absolute atomic E-state index is 0.000872. The maximum absolute atomic E-state index is 13.1. The summed E-state index contributed by atoms with van der Waals surface area (Å²) in [6, 6.07) is 0. The van der Waals surface area contributed by atoms with Gasteiger partial charge in [0.25, 0.3) is 11.5 Å². The van der Waals surface area contributed by atoms with E-state index in [1.165, 1.54) is 33.5 Å². The summed E-state index contributed by atoms with van der Waals surface area (Å²) in [7, 11) is 3.65. The van der Waals surface area contributed by atoms with Crippen LogP contribution in [0.4, 0.5) is 0 Å². The van der Waals surface area contributed by atoms with Gasteiger partial charge in [0.05, 0.1) is 22.3 Å². The van der Waals surface area contributed by atoms with Gasteiger partial charge in [-0.3, -0.25) is 19.2 Å². The maximum atomic E-state index is 13.1. The number of thiophene rings is 1. The Bertz CT molecular complexity index is 1150. The molecule has 0 spiro atoms. The minimum Gasteiger partial charge on any atom is -0.335 e. The van der Waals surface area contributed by atoms with Gasteiger partial charge >= 0.3 is 0 Å². The average molecular weight is 415 g/mol. The molecule has 3 aromatic heterocycles. The molecular formula is C20H26N6O2S. The summed E-state index contributed by atoms with van der Waals surface area (Å²) in [4.78, 5) is 35.4. The first-order valence-corrected chi connectivity index (χ1v) is 10.5. The van der Waals surface area contributed by atoms with Crippen molar-refractivity contribution in [3.8, 4) is 0 Å². The Morgan fingerprint density at radius 2 is 1.83 bits per heavy atom. The Labute approximate surface area is 173 Å². The molecule has 0 aromatic carbocycles. The van der Waals surface area contributed by atoms with E-state index < -0.39 is 0 Å². The molecule has 0 atom stereocenters. The van der Waals surface area contributed by atoms with Gasteiger partial charge in [0.2, 0.25) is 0 Å². The Hall–Kier alpha value is -2.52. The lowest BCUT2D eigenvalue weighted by molar-refractivity contribution is 0.0632. The molecule has 8 nitrogen and oxygen atoms in total. The lowest BCUT2D eigenvalue weighted by Crippen LogP contribution is -2.48. The highest BCUT2D eigenvalue weighted by Gasteiger charge is 2.27. The third-order valence-corrected chi connectivity index (χ3v) is 7.09. The smallest absolute Gasteiger partial charge is 0.264 e. The van der Waals surface area contributed by atoms with Gasteiger partial charge in [-0.25, -0.2) is 4.98 Å².